The van der Waals surface area contributed by atoms with Gasteiger partial charge >= 0.3 is 7.52 Å². The van der Waals surface area contributed by atoms with Crippen LogP contribution in [0.25, 0.3) is 0 Å². The summed E-state index contributed by atoms with van der Waals surface area (Å²) < 4.78 is 20.1. The van der Waals surface area contributed by atoms with Crippen LogP contribution in [0.4, 0.5) is 0 Å². The number of hydrogen-bond acceptors (Lipinski definition) is 3. The van der Waals surface area contributed by atoms with Gasteiger partial charge < -0.3 is 4.52 Å². The monoisotopic (exact) mass is 300 g/mol. The third-order valence-corrected chi connectivity index (χ3v) is 6.32. The fourth-order valence-corrected chi connectivity index (χ4v) is 5.03. The molecule has 20 heavy (non-hydrogen) atoms. The van der Waals surface area contributed by atoms with Crippen molar-refractivity contribution in [3.8, 4) is 5.81 Å². The number of nitrogens with zero attached hydrogens (tertiary/aromatic N) is 2. The molecule has 0 aromatic carbocycles. The van der Waals surface area contributed by atoms with Gasteiger partial charge in [0.15, 0.2) is 5.81 Å². The molecular formula is C15H29N2O2P. The summed E-state index contributed by atoms with van der Waals surface area (Å²) in [5, 5.41) is 9.31. The molecule has 1 aliphatic rings. The minimum atomic E-state index is -3.35. The zero-order valence-electron chi connectivity index (χ0n) is 13.3. The van der Waals surface area contributed by atoms with E-state index >= 15 is 0 Å². The summed E-state index contributed by atoms with van der Waals surface area (Å²) in [5.74, 6) is 2.62. The summed E-state index contributed by atoms with van der Waals surface area (Å²) in [5.41, 5.74) is 0. The number of nitriles is 1. The Morgan fingerprint density at radius 2 is 1.75 bits per heavy atom. The molecule has 1 aliphatic carbocycles. The van der Waals surface area contributed by atoms with Gasteiger partial charge in [0.05, 0.1) is 6.61 Å². The van der Waals surface area contributed by atoms with Gasteiger partial charge in [0.1, 0.15) is 0 Å². The first-order valence-corrected chi connectivity index (χ1v) is 9.43. The lowest BCUT2D eigenvalue weighted by molar-refractivity contribution is 0.202. The number of rotatable bonds is 7. The summed E-state index contributed by atoms with van der Waals surface area (Å²) in [7, 11) is -3.35. The Labute approximate surface area is 124 Å². The van der Waals surface area contributed by atoms with Crippen LogP contribution in [0.3, 0.4) is 0 Å². The minimum Gasteiger partial charge on any atom is -0.307 e. The van der Waals surface area contributed by atoms with Crippen LogP contribution in [-0.4, -0.2) is 23.4 Å². The molecule has 1 atom stereocenters. The molecule has 1 fully saturated rings. The van der Waals surface area contributed by atoms with Gasteiger partial charge in [0.25, 0.3) is 0 Å². The highest BCUT2D eigenvalue weighted by atomic mass is 31.2. The van der Waals surface area contributed by atoms with Crippen LogP contribution < -0.4 is 0 Å². The fraction of sp³-hybridized carbons (Fsp3) is 0.933. The second-order valence-electron chi connectivity index (χ2n) is 6.31. The lowest BCUT2D eigenvalue weighted by atomic mass is 9.87. The normalized spacial score (nSPS) is 20.3. The third kappa shape index (κ3) is 4.88. The maximum atomic E-state index is 12.7. The van der Waals surface area contributed by atoms with E-state index in [0.717, 1.165) is 6.42 Å². The van der Waals surface area contributed by atoms with Crippen LogP contribution in [0.15, 0.2) is 0 Å². The van der Waals surface area contributed by atoms with Crippen molar-refractivity contribution in [2.24, 2.45) is 5.92 Å². The van der Waals surface area contributed by atoms with Crippen molar-refractivity contribution in [1.82, 2.24) is 4.67 Å². The molecule has 1 saturated carbocycles. The second kappa shape index (κ2) is 8.17. The number of hydrogen-bond donors (Lipinski definition) is 0. The molecule has 0 spiro atoms. The van der Waals surface area contributed by atoms with Crippen molar-refractivity contribution in [2.75, 3.05) is 6.61 Å². The molecule has 1 unspecified atom stereocenters. The molecule has 0 heterocycles. The maximum absolute atomic E-state index is 12.7. The van der Waals surface area contributed by atoms with Crippen molar-refractivity contribution >= 4 is 7.52 Å². The van der Waals surface area contributed by atoms with Gasteiger partial charge in [-0.2, -0.15) is 5.26 Å². The van der Waals surface area contributed by atoms with Gasteiger partial charge in [-0.3, -0.25) is 4.57 Å². The molecule has 116 valence electrons. The molecule has 5 heteroatoms. The first-order valence-electron chi connectivity index (χ1n) is 7.85. The summed E-state index contributed by atoms with van der Waals surface area (Å²) >= 11 is 0. The van der Waals surface area contributed by atoms with E-state index in [-0.39, 0.29) is 12.1 Å². The van der Waals surface area contributed by atoms with Crippen molar-refractivity contribution < 1.29 is 9.09 Å². The van der Waals surface area contributed by atoms with Gasteiger partial charge in [-0.15, -0.1) is 0 Å². The summed E-state index contributed by atoms with van der Waals surface area (Å²) in [6, 6.07) is 0.0744. The quantitative estimate of drug-likeness (QED) is 0.636. The van der Waals surface area contributed by atoms with Gasteiger partial charge in [-0.25, -0.2) is 4.67 Å². The first kappa shape index (κ1) is 17.7. The van der Waals surface area contributed by atoms with Crippen molar-refractivity contribution in [3.63, 3.8) is 0 Å². The Hall–Kier alpha value is -0.360. The van der Waals surface area contributed by atoms with E-state index in [4.69, 9.17) is 4.52 Å². The molecule has 0 aromatic rings. The predicted octanol–water partition coefficient (Wildman–Crippen LogP) is 4.77. The molecular weight excluding hydrogens is 271 g/mol. The molecule has 0 radical (unpaired) electrons. The predicted molar refractivity (Wildman–Crippen MR) is 82.5 cm³/mol. The van der Waals surface area contributed by atoms with Crippen LogP contribution in [0.2, 0.25) is 0 Å². The van der Waals surface area contributed by atoms with E-state index in [9.17, 15) is 9.83 Å². The van der Waals surface area contributed by atoms with Crippen LogP contribution in [0.1, 0.15) is 66.2 Å². The van der Waals surface area contributed by atoms with Gasteiger partial charge in [0, 0.05) is 12.1 Å². The molecule has 0 aliphatic heterocycles. The smallest absolute Gasteiger partial charge is 0.307 e. The van der Waals surface area contributed by atoms with Gasteiger partial charge in [-0.1, -0.05) is 32.1 Å². The highest BCUT2D eigenvalue weighted by Crippen LogP contribution is 2.52. The SMILES string of the molecule is CC(C)N(C(C)C)P(=O)(C#N)OCCC1CCCCC1. The minimum absolute atomic E-state index is 0.0372. The van der Waals surface area contributed by atoms with Crippen molar-refractivity contribution in [3.05, 3.63) is 0 Å². The van der Waals surface area contributed by atoms with E-state index in [1.807, 2.05) is 33.5 Å². The first-order chi connectivity index (χ1) is 9.40. The van der Waals surface area contributed by atoms with Crippen LogP contribution in [0.5, 0.6) is 0 Å². The topological polar surface area (TPSA) is 53.3 Å². The zero-order chi connectivity index (χ0) is 15.2. The molecule has 1 rings (SSSR count). The van der Waals surface area contributed by atoms with E-state index in [2.05, 4.69) is 0 Å². The van der Waals surface area contributed by atoms with Gasteiger partial charge in [0.2, 0.25) is 0 Å². The molecule has 0 N–H and O–H groups in total. The van der Waals surface area contributed by atoms with E-state index in [1.54, 1.807) is 4.67 Å². The highest BCUT2D eigenvalue weighted by molar-refractivity contribution is 7.61. The van der Waals surface area contributed by atoms with Crippen molar-refractivity contribution in [1.29, 1.82) is 5.26 Å². The standard InChI is InChI=1S/C15H29N2O2P/c1-13(2)17(14(3)4)20(18,12-16)19-11-10-15-8-6-5-7-9-15/h13-15H,5-11H2,1-4H3. The summed E-state index contributed by atoms with van der Waals surface area (Å²) in [6.07, 6.45) is 7.35. The molecule has 0 aromatic heterocycles. The largest absolute Gasteiger partial charge is 0.371 e. The Morgan fingerprint density at radius 1 is 1.20 bits per heavy atom. The molecule has 0 saturated heterocycles. The average Bonchev–Trinajstić information content (AvgIpc) is 2.39. The Balaban J connectivity index is 2.56. The Morgan fingerprint density at radius 3 is 2.20 bits per heavy atom. The maximum Gasteiger partial charge on any atom is 0.371 e. The fourth-order valence-electron chi connectivity index (χ4n) is 3.17. The Kier molecular flexibility index (Phi) is 7.23. The lowest BCUT2D eigenvalue weighted by Gasteiger charge is -2.33. The van der Waals surface area contributed by atoms with Crippen molar-refractivity contribution in [2.45, 2.75) is 78.3 Å². The van der Waals surface area contributed by atoms with E-state index in [1.165, 1.54) is 32.1 Å². The van der Waals surface area contributed by atoms with E-state index < -0.39 is 7.52 Å². The van der Waals surface area contributed by atoms with Crippen LogP contribution >= 0.6 is 7.52 Å². The second-order valence-corrected chi connectivity index (χ2v) is 8.27. The summed E-state index contributed by atoms with van der Waals surface area (Å²) in [4.78, 5) is 0. The average molecular weight is 300 g/mol. The third-order valence-electron chi connectivity index (χ3n) is 4.01. The molecule has 4 nitrogen and oxygen atoms in total. The molecule has 0 amide bonds. The van der Waals surface area contributed by atoms with E-state index in [0.29, 0.717) is 12.5 Å². The lowest BCUT2D eigenvalue weighted by Crippen LogP contribution is -2.34. The van der Waals surface area contributed by atoms with Crippen LogP contribution in [-0.2, 0) is 9.09 Å². The van der Waals surface area contributed by atoms with Crippen LogP contribution in [0, 0.1) is 17.0 Å². The summed E-state index contributed by atoms with van der Waals surface area (Å²) in [6.45, 7) is 8.25. The zero-order valence-corrected chi connectivity index (χ0v) is 14.2. The highest BCUT2D eigenvalue weighted by Gasteiger charge is 2.36. The Bertz CT molecular complexity index is 363. The molecule has 0 bridgehead atoms. The van der Waals surface area contributed by atoms with Gasteiger partial charge in [-0.05, 0) is 40.0 Å².